The fraction of sp³-hybridized carbons (Fsp3) is 0.125. The highest BCUT2D eigenvalue weighted by molar-refractivity contribution is 6.36. The second-order valence-electron chi connectivity index (χ2n) is 4.99. The molecular weight excluding hydrogens is 280 g/mol. The maximum absolute atomic E-state index is 12.4. The lowest BCUT2D eigenvalue weighted by Crippen LogP contribution is -2.19. The van der Waals surface area contributed by atoms with E-state index in [1.165, 1.54) is 0 Å². The van der Waals surface area contributed by atoms with Gasteiger partial charge in [0.15, 0.2) is 0 Å². The first kappa shape index (κ1) is 13.9. The molecule has 1 aromatic heterocycles. The number of urea groups is 1. The number of nitrogens with one attached hydrogen (secondary N) is 3. The molecule has 0 saturated heterocycles. The van der Waals surface area contributed by atoms with Crippen molar-refractivity contribution in [2.75, 3.05) is 10.6 Å². The molecule has 0 aliphatic carbocycles. The number of fused-ring (bicyclic) bond motifs is 1. The number of carbonyl (C=O) groups excluding carboxylic acids is 2. The fourth-order valence-corrected chi connectivity index (χ4v) is 2.71. The van der Waals surface area contributed by atoms with Crippen molar-refractivity contribution in [1.29, 1.82) is 0 Å². The highest BCUT2D eigenvalue weighted by atomic mass is 16.2. The maximum atomic E-state index is 12.4. The van der Waals surface area contributed by atoms with Crippen LogP contribution in [0.25, 0.3) is 11.1 Å². The summed E-state index contributed by atoms with van der Waals surface area (Å²) in [6.45, 7) is 2.00. The Kier molecular flexibility index (Phi) is 3.42. The number of aromatic amines is 1. The summed E-state index contributed by atoms with van der Waals surface area (Å²) in [7, 11) is 0. The van der Waals surface area contributed by atoms with E-state index in [2.05, 4.69) is 15.6 Å². The quantitative estimate of drug-likeness (QED) is 0.655. The SMILES string of the molecule is CC/C(=C1\C(=O)Nc2ccc(NC(N)=O)cc21)c1ccc[nH]1. The van der Waals surface area contributed by atoms with Gasteiger partial charge < -0.3 is 21.4 Å². The van der Waals surface area contributed by atoms with Gasteiger partial charge in [0, 0.05) is 28.8 Å². The van der Waals surface area contributed by atoms with Crippen LogP contribution in [-0.4, -0.2) is 16.9 Å². The van der Waals surface area contributed by atoms with E-state index < -0.39 is 6.03 Å². The van der Waals surface area contributed by atoms with Gasteiger partial charge in [0.2, 0.25) is 0 Å². The summed E-state index contributed by atoms with van der Waals surface area (Å²) in [5, 5.41) is 5.38. The molecule has 2 aromatic rings. The zero-order chi connectivity index (χ0) is 15.7. The molecule has 6 nitrogen and oxygen atoms in total. The van der Waals surface area contributed by atoms with Crippen LogP contribution in [-0.2, 0) is 4.79 Å². The monoisotopic (exact) mass is 296 g/mol. The van der Waals surface area contributed by atoms with E-state index in [9.17, 15) is 9.59 Å². The Labute approximate surface area is 127 Å². The zero-order valence-corrected chi connectivity index (χ0v) is 12.1. The van der Waals surface area contributed by atoms with Crippen LogP contribution in [0.15, 0.2) is 36.5 Å². The number of nitrogens with two attached hydrogens (primary N) is 1. The molecule has 0 bridgehead atoms. The van der Waals surface area contributed by atoms with E-state index in [4.69, 9.17) is 5.73 Å². The largest absolute Gasteiger partial charge is 0.361 e. The van der Waals surface area contributed by atoms with Crippen LogP contribution in [0.4, 0.5) is 16.2 Å². The van der Waals surface area contributed by atoms with Crippen LogP contribution >= 0.6 is 0 Å². The Morgan fingerprint density at radius 3 is 2.77 bits per heavy atom. The minimum atomic E-state index is -0.636. The summed E-state index contributed by atoms with van der Waals surface area (Å²) in [5.74, 6) is -0.141. The smallest absolute Gasteiger partial charge is 0.316 e. The number of allylic oxidation sites excluding steroid dienone is 1. The highest BCUT2D eigenvalue weighted by Gasteiger charge is 2.28. The number of amides is 3. The number of benzene rings is 1. The van der Waals surface area contributed by atoms with E-state index >= 15 is 0 Å². The van der Waals surface area contributed by atoms with Gasteiger partial charge in [-0.2, -0.15) is 0 Å². The highest BCUT2D eigenvalue weighted by Crippen LogP contribution is 2.39. The Hall–Kier alpha value is -3.02. The molecule has 3 amide bonds. The van der Waals surface area contributed by atoms with Crippen molar-refractivity contribution in [2.45, 2.75) is 13.3 Å². The maximum Gasteiger partial charge on any atom is 0.316 e. The standard InChI is InChI=1S/C16H16N4O2/c1-2-10(12-4-3-7-18-12)14-11-8-9(19-16(17)22)5-6-13(11)20-15(14)21/h3-8,18H,2H2,1H3,(H,20,21)(H3,17,19,22)/b14-10+. The first-order chi connectivity index (χ1) is 10.6. The van der Waals surface area contributed by atoms with Crippen molar-refractivity contribution in [2.24, 2.45) is 5.73 Å². The van der Waals surface area contributed by atoms with Crippen LogP contribution in [0.3, 0.4) is 0 Å². The number of hydrogen-bond donors (Lipinski definition) is 4. The normalized spacial score (nSPS) is 15.2. The molecule has 1 aromatic carbocycles. The number of anilines is 2. The third-order valence-corrected chi connectivity index (χ3v) is 3.61. The second-order valence-corrected chi connectivity index (χ2v) is 4.99. The van der Waals surface area contributed by atoms with Crippen LogP contribution in [0.5, 0.6) is 0 Å². The average molecular weight is 296 g/mol. The predicted octanol–water partition coefficient (Wildman–Crippen LogP) is 2.78. The molecule has 0 fully saturated rings. The molecule has 0 spiro atoms. The third-order valence-electron chi connectivity index (χ3n) is 3.61. The zero-order valence-electron chi connectivity index (χ0n) is 12.1. The van der Waals surface area contributed by atoms with Crippen molar-refractivity contribution in [3.05, 3.63) is 47.8 Å². The van der Waals surface area contributed by atoms with Crippen molar-refractivity contribution in [3.8, 4) is 0 Å². The summed E-state index contributed by atoms with van der Waals surface area (Å²) in [5.41, 5.74) is 9.66. The van der Waals surface area contributed by atoms with Crippen LogP contribution < -0.4 is 16.4 Å². The van der Waals surface area contributed by atoms with E-state index in [0.29, 0.717) is 17.7 Å². The van der Waals surface area contributed by atoms with Gasteiger partial charge in [-0.3, -0.25) is 4.79 Å². The van der Waals surface area contributed by atoms with Gasteiger partial charge in [-0.15, -0.1) is 0 Å². The van der Waals surface area contributed by atoms with Crippen LogP contribution in [0.1, 0.15) is 24.6 Å². The lowest BCUT2D eigenvalue weighted by molar-refractivity contribution is -0.110. The summed E-state index contributed by atoms with van der Waals surface area (Å²) in [4.78, 5) is 26.5. The lowest BCUT2D eigenvalue weighted by atomic mass is 9.96. The summed E-state index contributed by atoms with van der Waals surface area (Å²) in [6, 6.07) is 8.40. The van der Waals surface area contributed by atoms with Gasteiger partial charge in [-0.1, -0.05) is 6.92 Å². The van der Waals surface area contributed by atoms with E-state index in [0.717, 1.165) is 22.5 Å². The fourth-order valence-electron chi connectivity index (χ4n) is 2.71. The molecule has 0 radical (unpaired) electrons. The number of primary amides is 1. The van der Waals surface area contributed by atoms with Crippen LogP contribution in [0, 0.1) is 0 Å². The van der Waals surface area contributed by atoms with Crippen molar-refractivity contribution >= 4 is 34.5 Å². The Morgan fingerprint density at radius 2 is 2.14 bits per heavy atom. The Bertz CT molecular complexity index is 775. The van der Waals surface area contributed by atoms with Crippen molar-refractivity contribution in [1.82, 2.24) is 4.98 Å². The summed E-state index contributed by atoms with van der Waals surface area (Å²) in [6.07, 6.45) is 2.53. The number of hydrogen-bond acceptors (Lipinski definition) is 2. The molecule has 3 rings (SSSR count). The number of rotatable bonds is 3. The topological polar surface area (TPSA) is 100 Å². The second kappa shape index (κ2) is 5.40. The van der Waals surface area contributed by atoms with Gasteiger partial charge in [0.25, 0.3) is 5.91 Å². The van der Waals surface area contributed by atoms with Gasteiger partial charge >= 0.3 is 6.03 Å². The third kappa shape index (κ3) is 2.35. The number of carbonyl (C=O) groups is 2. The molecule has 1 aliphatic heterocycles. The van der Waals surface area contributed by atoms with Gasteiger partial charge in [0.1, 0.15) is 0 Å². The molecule has 0 atom stereocenters. The van der Waals surface area contributed by atoms with Gasteiger partial charge in [0.05, 0.1) is 5.57 Å². The molecular formula is C16H16N4O2. The summed E-state index contributed by atoms with van der Waals surface area (Å²) >= 11 is 0. The van der Waals surface area contributed by atoms with Crippen molar-refractivity contribution in [3.63, 3.8) is 0 Å². The van der Waals surface area contributed by atoms with E-state index in [1.807, 2.05) is 25.3 Å². The molecule has 2 heterocycles. The number of H-pyrrole nitrogens is 1. The van der Waals surface area contributed by atoms with Gasteiger partial charge in [-0.25, -0.2) is 4.79 Å². The molecule has 5 N–H and O–H groups in total. The van der Waals surface area contributed by atoms with E-state index in [-0.39, 0.29) is 5.91 Å². The molecule has 1 aliphatic rings. The summed E-state index contributed by atoms with van der Waals surface area (Å²) < 4.78 is 0. The molecule has 6 heteroatoms. The van der Waals surface area contributed by atoms with Crippen LogP contribution in [0.2, 0.25) is 0 Å². The average Bonchev–Trinajstić information content (AvgIpc) is 3.09. The predicted molar refractivity (Wildman–Crippen MR) is 86.2 cm³/mol. The minimum absolute atomic E-state index is 0.141. The Balaban J connectivity index is 2.15. The molecule has 112 valence electrons. The Morgan fingerprint density at radius 1 is 1.32 bits per heavy atom. The van der Waals surface area contributed by atoms with Gasteiger partial charge in [-0.05, 0) is 42.3 Å². The lowest BCUT2D eigenvalue weighted by Gasteiger charge is -2.08. The molecule has 0 unspecified atom stereocenters. The molecule has 22 heavy (non-hydrogen) atoms. The first-order valence-electron chi connectivity index (χ1n) is 6.99. The molecule has 0 saturated carbocycles. The number of aromatic nitrogens is 1. The van der Waals surface area contributed by atoms with Crippen molar-refractivity contribution < 1.29 is 9.59 Å². The first-order valence-corrected chi connectivity index (χ1v) is 6.99. The van der Waals surface area contributed by atoms with E-state index in [1.54, 1.807) is 18.2 Å². The minimum Gasteiger partial charge on any atom is -0.361 e.